The molecule has 0 unspecified atom stereocenters. The Morgan fingerprint density at radius 1 is 1.32 bits per heavy atom. The second-order valence-corrected chi connectivity index (χ2v) is 4.02. The molecule has 6 nitrogen and oxygen atoms in total. The molecule has 0 heterocycles. The first-order valence-corrected chi connectivity index (χ1v) is 6.35. The highest BCUT2D eigenvalue weighted by Gasteiger charge is 2.13. The van der Waals surface area contributed by atoms with Gasteiger partial charge in [0, 0.05) is 32.1 Å². The van der Waals surface area contributed by atoms with Crippen LogP contribution in [-0.4, -0.2) is 35.4 Å². The van der Waals surface area contributed by atoms with E-state index >= 15 is 0 Å². The van der Waals surface area contributed by atoms with E-state index in [0.29, 0.717) is 31.7 Å². The molecular formula is C13H19N3O3. The van der Waals surface area contributed by atoms with E-state index in [0.717, 1.165) is 0 Å². The Kier molecular flexibility index (Phi) is 5.78. The zero-order valence-corrected chi connectivity index (χ0v) is 11.3. The van der Waals surface area contributed by atoms with E-state index in [9.17, 15) is 14.9 Å². The molecule has 0 aromatic heterocycles. The van der Waals surface area contributed by atoms with Crippen LogP contribution >= 0.6 is 0 Å². The summed E-state index contributed by atoms with van der Waals surface area (Å²) in [7, 11) is 0. The second-order valence-electron chi connectivity index (χ2n) is 4.02. The number of para-hydroxylation sites is 2. The summed E-state index contributed by atoms with van der Waals surface area (Å²) in [5, 5.41) is 13.7. The minimum atomic E-state index is -0.436. The van der Waals surface area contributed by atoms with E-state index in [1.807, 2.05) is 13.8 Å². The van der Waals surface area contributed by atoms with Gasteiger partial charge in [0.2, 0.25) is 5.91 Å². The molecule has 0 spiro atoms. The number of nitro groups is 1. The van der Waals surface area contributed by atoms with Crippen molar-refractivity contribution in [2.24, 2.45) is 0 Å². The fourth-order valence-electron chi connectivity index (χ4n) is 1.82. The smallest absolute Gasteiger partial charge is 0.292 e. The number of nitrogens with one attached hydrogen (secondary N) is 1. The van der Waals surface area contributed by atoms with Gasteiger partial charge in [0.05, 0.1) is 4.92 Å². The van der Waals surface area contributed by atoms with Crippen molar-refractivity contribution in [2.75, 3.05) is 25.0 Å². The van der Waals surface area contributed by atoms with Crippen LogP contribution in [0, 0.1) is 10.1 Å². The molecule has 0 radical (unpaired) electrons. The molecule has 0 aliphatic rings. The molecule has 0 aliphatic heterocycles. The lowest BCUT2D eigenvalue weighted by molar-refractivity contribution is -0.384. The van der Waals surface area contributed by atoms with Gasteiger partial charge in [-0.1, -0.05) is 12.1 Å². The van der Waals surface area contributed by atoms with E-state index in [-0.39, 0.29) is 11.6 Å². The zero-order valence-electron chi connectivity index (χ0n) is 11.3. The van der Waals surface area contributed by atoms with Crippen molar-refractivity contribution in [3.05, 3.63) is 34.4 Å². The maximum Gasteiger partial charge on any atom is 0.292 e. The van der Waals surface area contributed by atoms with Crippen LogP contribution in [0.5, 0.6) is 0 Å². The number of hydrogen-bond acceptors (Lipinski definition) is 4. The summed E-state index contributed by atoms with van der Waals surface area (Å²) in [5.41, 5.74) is 0.470. The molecular weight excluding hydrogens is 246 g/mol. The predicted molar refractivity (Wildman–Crippen MR) is 74.1 cm³/mol. The molecule has 1 aromatic carbocycles. The highest BCUT2D eigenvalue weighted by atomic mass is 16.6. The Morgan fingerprint density at radius 3 is 2.53 bits per heavy atom. The maximum absolute atomic E-state index is 11.8. The Balaban J connectivity index is 2.54. The largest absolute Gasteiger partial charge is 0.379 e. The normalized spacial score (nSPS) is 10.0. The van der Waals surface area contributed by atoms with Gasteiger partial charge in [0.1, 0.15) is 5.69 Å². The lowest BCUT2D eigenvalue weighted by Gasteiger charge is -2.18. The number of nitro benzene ring substituents is 1. The molecule has 19 heavy (non-hydrogen) atoms. The highest BCUT2D eigenvalue weighted by molar-refractivity contribution is 5.76. The molecule has 0 atom stereocenters. The molecule has 0 fully saturated rings. The molecule has 1 rings (SSSR count). The van der Waals surface area contributed by atoms with Crippen molar-refractivity contribution < 1.29 is 9.72 Å². The minimum absolute atomic E-state index is 0.0257. The second kappa shape index (κ2) is 7.35. The summed E-state index contributed by atoms with van der Waals surface area (Å²) in [6, 6.07) is 6.42. The van der Waals surface area contributed by atoms with E-state index in [2.05, 4.69) is 5.32 Å². The Bertz CT molecular complexity index is 445. The number of benzene rings is 1. The number of nitrogens with zero attached hydrogens (tertiary/aromatic N) is 2. The van der Waals surface area contributed by atoms with Gasteiger partial charge in [-0.3, -0.25) is 14.9 Å². The maximum atomic E-state index is 11.8. The Labute approximate surface area is 112 Å². The Morgan fingerprint density at radius 2 is 1.95 bits per heavy atom. The summed E-state index contributed by atoms with van der Waals surface area (Å²) < 4.78 is 0. The van der Waals surface area contributed by atoms with Crippen LogP contribution in [0.4, 0.5) is 11.4 Å². The highest BCUT2D eigenvalue weighted by Crippen LogP contribution is 2.22. The van der Waals surface area contributed by atoms with Crippen LogP contribution in [-0.2, 0) is 4.79 Å². The molecule has 1 aromatic rings. The Hall–Kier alpha value is -2.11. The summed E-state index contributed by atoms with van der Waals surface area (Å²) in [6.07, 6.45) is 0.327. The van der Waals surface area contributed by atoms with E-state index in [4.69, 9.17) is 0 Å². The van der Waals surface area contributed by atoms with Crippen molar-refractivity contribution >= 4 is 17.3 Å². The van der Waals surface area contributed by atoms with Crippen LogP contribution < -0.4 is 5.32 Å². The van der Waals surface area contributed by atoms with E-state index in [1.165, 1.54) is 6.07 Å². The van der Waals surface area contributed by atoms with Crippen molar-refractivity contribution in [2.45, 2.75) is 20.3 Å². The molecule has 104 valence electrons. The van der Waals surface area contributed by atoms with E-state index in [1.54, 1.807) is 23.1 Å². The van der Waals surface area contributed by atoms with Gasteiger partial charge >= 0.3 is 0 Å². The van der Waals surface area contributed by atoms with Crippen LogP contribution in [0.1, 0.15) is 20.3 Å². The number of amides is 1. The zero-order chi connectivity index (χ0) is 14.3. The summed E-state index contributed by atoms with van der Waals surface area (Å²) in [6.45, 7) is 5.61. The summed E-state index contributed by atoms with van der Waals surface area (Å²) in [5.74, 6) is 0.0519. The first-order chi connectivity index (χ1) is 9.10. The third kappa shape index (κ3) is 4.24. The molecule has 1 amide bonds. The van der Waals surface area contributed by atoms with Gasteiger partial charge in [0.15, 0.2) is 0 Å². The minimum Gasteiger partial charge on any atom is -0.379 e. The molecule has 0 saturated carbocycles. The molecule has 0 saturated heterocycles. The monoisotopic (exact) mass is 265 g/mol. The van der Waals surface area contributed by atoms with Gasteiger partial charge in [0.25, 0.3) is 5.69 Å². The molecule has 0 aliphatic carbocycles. The first-order valence-electron chi connectivity index (χ1n) is 6.35. The lowest BCUT2D eigenvalue weighted by Crippen LogP contribution is -2.31. The van der Waals surface area contributed by atoms with Crippen LogP contribution in [0.25, 0.3) is 0 Å². The molecule has 0 bridgehead atoms. The average Bonchev–Trinajstić information content (AvgIpc) is 2.40. The summed E-state index contributed by atoms with van der Waals surface area (Å²) in [4.78, 5) is 23.9. The third-order valence-electron chi connectivity index (χ3n) is 2.87. The lowest BCUT2D eigenvalue weighted by atomic mass is 10.2. The SMILES string of the molecule is CCN(CC)C(=O)CCNc1ccccc1[N+](=O)[O-]. The number of hydrogen-bond donors (Lipinski definition) is 1. The van der Waals surface area contributed by atoms with Crippen molar-refractivity contribution in [1.82, 2.24) is 4.90 Å². The predicted octanol–water partition coefficient (Wildman–Crippen LogP) is 2.27. The number of carbonyl (C=O) groups excluding carboxylic acids is 1. The summed E-state index contributed by atoms with van der Waals surface area (Å²) >= 11 is 0. The van der Waals surface area contributed by atoms with Gasteiger partial charge in [-0.15, -0.1) is 0 Å². The number of rotatable bonds is 7. The van der Waals surface area contributed by atoms with Gasteiger partial charge < -0.3 is 10.2 Å². The van der Waals surface area contributed by atoms with Crippen molar-refractivity contribution in [3.8, 4) is 0 Å². The molecule has 6 heteroatoms. The topological polar surface area (TPSA) is 75.5 Å². The number of carbonyl (C=O) groups is 1. The van der Waals surface area contributed by atoms with E-state index < -0.39 is 4.92 Å². The van der Waals surface area contributed by atoms with Crippen LogP contribution in [0.2, 0.25) is 0 Å². The van der Waals surface area contributed by atoms with Gasteiger partial charge in [-0.05, 0) is 19.9 Å². The van der Waals surface area contributed by atoms with Crippen molar-refractivity contribution in [1.29, 1.82) is 0 Å². The fraction of sp³-hybridized carbons (Fsp3) is 0.462. The standard InChI is InChI=1S/C13H19N3O3/c1-3-15(4-2)13(17)9-10-14-11-7-5-6-8-12(11)16(18)19/h5-8,14H,3-4,9-10H2,1-2H3. The third-order valence-corrected chi connectivity index (χ3v) is 2.87. The van der Waals surface area contributed by atoms with Crippen molar-refractivity contribution in [3.63, 3.8) is 0 Å². The fourth-order valence-corrected chi connectivity index (χ4v) is 1.82. The molecule has 1 N–H and O–H groups in total. The average molecular weight is 265 g/mol. The first kappa shape index (κ1) is 14.9. The van der Waals surface area contributed by atoms with Crippen LogP contribution in [0.3, 0.4) is 0 Å². The number of anilines is 1. The van der Waals surface area contributed by atoms with Crippen LogP contribution in [0.15, 0.2) is 24.3 Å². The van der Waals surface area contributed by atoms with Gasteiger partial charge in [-0.2, -0.15) is 0 Å². The van der Waals surface area contributed by atoms with Gasteiger partial charge in [-0.25, -0.2) is 0 Å². The quantitative estimate of drug-likeness (QED) is 0.606.